The molecule has 0 radical (unpaired) electrons. The molecule has 0 aliphatic carbocycles. The molecular formula is C21H28N4O2S. The van der Waals surface area contributed by atoms with Gasteiger partial charge in [0, 0.05) is 52.9 Å². The van der Waals surface area contributed by atoms with E-state index >= 15 is 0 Å². The van der Waals surface area contributed by atoms with Crippen LogP contribution in [-0.2, 0) is 0 Å². The molecule has 0 spiro atoms. The first-order chi connectivity index (χ1) is 13.6. The zero-order chi connectivity index (χ0) is 20.4. The molecule has 3 aromatic rings. The standard InChI is InChI=1S/C11H12N2.C10H16N2O2S/c1-13-11-7-6-10(12)8-4-2-3-5-9(8)11;11-9-1-3-10(4-2-9)15-12(5-7-13)6-8-14/h2-7,13H,12H2,1H3;1-4,13-14H,5-8,11H2. The lowest BCUT2D eigenvalue weighted by atomic mass is 10.1. The maximum atomic E-state index is 8.83. The van der Waals surface area contributed by atoms with E-state index < -0.39 is 0 Å². The third-order valence-electron chi connectivity index (χ3n) is 4.04. The van der Waals surface area contributed by atoms with Crippen molar-refractivity contribution in [3.05, 3.63) is 60.7 Å². The van der Waals surface area contributed by atoms with Gasteiger partial charge in [-0.2, -0.15) is 0 Å². The van der Waals surface area contributed by atoms with Crippen LogP contribution in [0.5, 0.6) is 0 Å². The van der Waals surface area contributed by atoms with Crippen molar-refractivity contribution in [2.75, 3.05) is 50.1 Å². The first-order valence-electron chi connectivity index (χ1n) is 9.04. The summed E-state index contributed by atoms with van der Waals surface area (Å²) in [6.45, 7) is 1.25. The Labute approximate surface area is 170 Å². The first kappa shape index (κ1) is 21.8. The van der Waals surface area contributed by atoms with Crippen molar-refractivity contribution < 1.29 is 10.2 Å². The van der Waals surface area contributed by atoms with Crippen LogP contribution in [0.4, 0.5) is 17.1 Å². The SMILES string of the molecule is CNc1ccc(N)c2ccccc12.Nc1ccc(SN(CCO)CCO)cc1. The molecule has 0 heterocycles. The van der Waals surface area contributed by atoms with Gasteiger partial charge in [-0.05, 0) is 48.3 Å². The van der Waals surface area contributed by atoms with Gasteiger partial charge in [-0.15, -0.1) is 0 Å². The Bertz CT molecular complexity index is 853. The third kappa shape index (κ3) is 6.31. The lowest BCUT2D eigenvalue weighted by molar-refractivity contribution is 0.226. The van der Waals surface area contributed by atoms with Crippen molar-refractivity contribution in [2.24, 2.45) is 0 Å². The van der Waals surface area contributed by atoms with E-state index in [2.05, 4.69) is 11.4 Å². The van der Waals surface area contributed by atoms with Crippen LogP contribution in [0.15, 0.2) is 65.6 Å². The van der Waals surface area contributed by atoms with E-state index in [1.807, 2.05) is 66.0 Å². The van der Waals surface area contributed by atoms with Crippen LogP contribution in [-0.4, -0.2) is 47.9 Å². The molecule has 3 aromatic carbocycles. The summed E-state index contributed by atoms with van der Waals surface area (Å²) < 4.78 is 1.91. The molecule has 0 saturated carbocycles. The van der Waals surface area contributed by atoms with Crippen LogP contribution in [0.25, 0.3) is 10.8 Å². The lowest BCUT2D eigenvalue weighted by Crippen LogP contribution is -2.22. The minimum atomic E-state index is 0.0853. The number of nitrogen functional groups attached to an aromatic ring is 2. The molecule has 0 aliphatic heterocycles. The Morgan fingerprint density at radius 2 is 1.46 bits per heavy atom. The fraction of sp³-hybridized carbons (Fsp3) is 0.238. The van der Waals surface area contributed by atoms with Crippen molar-refractivity contribution >= 4 is 39.8 Å². The molecule has 6 nitrogen and oxygen atoms in total. The van der Waals surface area contributed by atoms with Gasteiger partial charge in [0.25, 0.3) is 0 Å². The van der Waals surface area contributed by atoms with E-state index in [4.69, 9.17) is 21.7 Å². The number of nitrogens with two attached hydrogens (primary N) is 2. The Kier molecular flexibility index (Phi) is 8.90. The summed E-state index contributed by atoms with van der Waals surface area (Å²) in [6.07, 6.45) is 0. The minimum absolute atomic E-state index is 0.0853. The van der Waals surface area contributed by atoms with E-state index in [1.165, 1.54) is 17.3 Å². The molecule has 3 rings (SSSR count). The summed E-state index contributed by atoms with van der Waals surface area (Å²) in [5.74, 6) is 0. The topological polar surface area (TPSA) is 108 Å². The van der Waals surface area contributed by atoms with Crippen molar-refractivity contribution in [3.8, 4) is 0 Å². The summed E-state index contributed by atoms with van der Waals surface area (Å²) in [5.41, 5.74) is 14.1. The quantitative estimate of drug-likeness (QED) is 0.306. The summed E-state index contributed by atoms with van der Waals surface area (Å²) in [6, 6.07) is 19.5. The van der Waals surface area contributed by atoms with Gasteiger partial charge in [-0.25, -0.2) is 4.31 Å². The zero-order valence-electron chi connectivity index (χ0n) is 16.0. The fourth-order valence-electron chi connectivity index (χ4n) is 2.64. The zero-order valence-corrected chi connectivity index (χ0v) is 16.8. The Hall–Kier alpha value is -2.45. The number of benzene rings is 3. The number of fused-ring (bicyclic) bond motifs is 1. The summed E-state index contributed by atoms with van der Waals surface area (Å²) >= 11 is 1.50. The third-order valence-corrected chi connectivity index (χ3v) is 5.15. The normalized spacial score (nSPS) is 10.6. The molecule has 7 N–H and O–H groups in total. The largest absolute Gasteiger partial charge is 0.399 e. The van der Waals surface area contributed by atoms with Crippen LogP contribution in [0, 0.1) is 0 Å². The predicted octanol–water partition coefficient (Wildman–Crippen LogP) is 3.03. The summed E-state index contributed by atoms with van der Waals surface area (Å²) in [7, 11) is 1.91. The Morgan fingerprint density at radius 1 is 0.857 bits per heavy atom. The number of aliphatic hydroxyl groups is 2. The Morgan fingerprint density at radius 3 is 2.04 bits per heavy atom. The van der Waals surface area contributed by atoms with Crippen molar-refractivity contribution in [1.82, 2.24) is 4.31 Å². The first-order valence-corrected chi connectivity index (χ1v) is 9.81. The van der Waals surface area contributed by atoms with Crippen LogP contribution in [0.2, 0.25) is 0 Å². The second-order valence-corrected chi connectivity index (χ2v) is 7.20. The molecule has 0 bridgehead atoms. The molecule has 0 saturated heterocycles. The molecule has 0 atom stereocenters. The van der Waals surface area contributed by atoms with Crippen LogP contribution in [0.1, 0.15) is 0 Å². The van der Waals surface area contributed by atoms with E-state index in [0.29, 0.717) is 13.1 Å². The monoisotopic (exact) mass is 400 g/mol. The molecular weight excluding hydrogens is 372 g/mol. The van der Waals surface area contributed by atoms with Gasteiger partial charge >= 0.3 is 0 Å². The number of hydrogen-bond donors (Lipinski definition) is 5. The molecule has 150 valence electrons. The van der Waals surface area contributed by atoms with Crippen LogP contribution >= 0.6 is 11.9 Å². The fourth-order valence-corrected chi connectivity index (χ4v) is 3.55. The number of nitrogens with one attached hydrogen (secondary N) is 1. The van der Waals surface area contributed by atoms with Crippen LogP contribution < -0.4 is 16.8 Å². The van der Waals surface area contributed by atoms with E-state index in [1.54, 1.807) is 0 Å². The van der Waals surface area contributed by atoms with Crippen molar-refractivity contribution in [1.29, 1.82) is 0 Å². The average molecular weight is 401 g/mol. The maximum Gasteiger partial charge on any atom is 0.0568 e. The Balaban J connectivity index is 0.000000202. The van der Waals surface area contributed by atoms with Gasteiger partial charge in [0.15, 0.2) is 0 Å². The highest BCUT2D eigenvalue weighted by Gasteiger charge is 2.05. The van der Waals surface area contributed by atoms with E-state index in [0.717, 1.165) is 27.3 Å². The smallest absolute Gasteiger partial charge is 0.0568 e. The van der Waals surface area contributed by atoms with Gasteiger partial charge in [0.2, 0.25) is 0 Å². The van der Waals surface area contributed by atoms with Gasteiger partial charge in [0.05, 0.1) is 13.2 Å². The number of nitrogens with zero attached hydrogens (tertiary/aromatic N) is 1. The van der Waals surface area contributed by atoms with Gasteiger partial charge in [-0.1, -0.05) is 24.3 Å². The molecule has 0 unspecified atom stereocenters. The number of hydrogen-bond acceptors (Lipinski definition) is 7. The molecule has 28 heavy (non-hydrogen) atoms. The second-order valence-electron chi connectivity index (χ2n) is 6.03. The molecule has 7 heteroatoms. The molecule has 0 aromatic heterocycles. The average Bonchev–Trinajstić information content (AvgIpc) is 2.71. The number of anilines is 3. The van der Waals surface area contributed by atoms with Gasteiger partial charge in [-0.3, -0.25) is 0 Å². The van der Waals surface area contributed by atoms with Gasteiger partial charge < -0.3 is 27.0 Å². The highest BCUT2D eigenvalue weighted by atomic mass is 32.2. The molecule has 0 fully saturated rings. The highest BCUT2D eigenvalue weighted by Crippen LogP contribution is 2.27. The maximum absolute atomic E-state index is 8.83. The van der Waals surface area contributed by atoms with E-state index in [9.17, 15) is 0 Å². The summed E-state index contributed by atoms with van der Waals surface area (Å²) in [5, 5.41) is 23.1. The number of rotatable bonds is 7. The lowest BCUT2D eigenvalue weighted by Gasteiger charge is -2.18. The van der Waals surface area contributed by atoms with Crippen molar-refractivity contribution in [2.45, 2.75) is 4.90 Å². The second kappa shape index (κ2) is 11.4. The minimum Gasteiger partial charge on any atom is -0.399 e. The van der Waals surface area contributed by atoms with Gasteiger partial charge in [0.1, 0.15) is 0 Å². The number of aliphatic hydroxyl groups excluding tert-OH is 2. The summed E-state index contributed by atoms with van der Waals surface area (Å²) in [4.78, 5) is 1.05. The molecule has 0 amide bonds. The highest BCUT2D eigenvalue weighted by molar-refractivity contribution is 7.97. The van der Waals surface area contributed by atoms with Crippen molar-refractivity contribution in [3.63, 3.8) is 0 Å². The van der Waals surface area contributed by atoms with Crippen LogP contribution in [0.3, 0.4) is 0 Å². The predicted molar refractivity (Wildman–Crippen MR) is 120 cm³/mol. The van der Waals surface area contributed by atoms with E-state index in [-0.39, 0.29) is 13.2 Å². The molecule has 0 aliphatic rings.